The Morgan fingerprint density at radius 2 is 1.76 bits per heavy atom. The van der Waals surface area contributed by atoms with Crippen molar-refractivity contribution in [3.05, 3.63) is 35.0 Å². The van der Waals surface area contributed by atoms with E-state index in [1.54, 1.807) is 5.57 Å². The molecule has 1 aromatic rings. The average molecular weight is 670 g/mol. The number of carbonyl (C=O) groups excluding carboxylic acids is 3. The molecular weight excluding hydrogens is 606 g/mol. The number of hydrogen-bond donors (Lipinski definition) is 2. The highest BCUT2D eigenvalue weighted by molar-refractivity contribution is 6.00. The molecule has 6 heteroatoms. The van der Waals surface area contributed by atoms with E-state index in [1.807, 2.05) is 18.3 Å². The quantitative estimate of drug-likeness (QED) is 0.192. The molecule has 5 fully saturated rings. The number of hydrogen-bond acceptors (Lipinski definition) is 6. The monoisotopic (exact) mass is 669 g/mol. The summed E-state index contributed by atoms with van der Waals surface area (Å²) in [6.45, 7) is 16.1. The number of ketones is 2. The predicted octanol–water partition coefficient (Wildman–Crippen LogP) is 8.39. The average Bonchev–Trinajstić information content (AvgIpc) is 3.37. The first kappa shape index (κ1) is 35.1. The minimum absolute atomic E-state index is 0.0112. The largest absolute Gasteiger partial charge is 0.384 e. The summed E-state index contributed by atoms with van der Waals surface area (Å²) in [5, 5.41) is 3.68. The van der Waals surface area contributed by atoms with Crippen LogP contribution in [-0.2, 0) is 20.9 Å². The molecule has 268 valence electrons. The van der Waals surface area contributed by atoms with E-state index in [9.17, 15) is 14.4 Å². The molecule has 6 aliphatic carbocycles. The zero-order valence-electron chi connectivity index (χ0n) is 31.2. The van der Waals surface area contributed by atoms with Crippen molar-refractivity contribution >= 4 is 23.7 Å². The molecule has 0 amide bonds. The van der Waals surface area contributed by atoms with Crippen LogP contribution in [0.15, 0.2) is 29.5 Å². The Balaban J connectivity index is 1.07. The van der Waals surface area contributed by atoms with Crippen LogP contribution in [0.4, 0.5) is 5.82 Å². The van der Waals surface area contributed by atoms with Gasteiger partial charge in [-0.1, -0.05) is 53.2 Å². The van der Waals surface area contributed by atoms with Crippen LogP contribution in [0.1, 0.15) is 124 Å². The van der Waals surface area contributed by atoms with Gasteiger partial charge in [0.05, 0.1) is 0 Å². The van der Waals surface area contributed by atoms with Gasteiger partial charge in [0, 0.05) is 42.8 Å². The first-order valence-corrected chi connectivity index (χ1v) is 20.0. The van der Waals surface area contributed by atoms with Gasteiger partial charge < -0.3 is 15.8 Å². The first-order chi connectivity index (χ1) is 23.3. The van der Waals surface area contributed by atoms with E-state index in [4.69, 9.17) is 5.73 Å². The molecule has 0 radical (unpaired) electrons. The van der Waals surface area contributed by atoms with E-state index < -0.39 is 0 Å². The highest BCUT2D eigenvalue weighted by Crippen LogP contribution is 2.72. The highest BCUT2D eigenvalue weighted by atomic mass is 16.1. The second kappa shape index (κ2) is 13.0. The molecule has 3 N–H and O–H groups in total. The minimum Gasteiger partial charge on any atom is -0.384 e. The first-order valence-electron chi connectivity index (χ1n) is 20.0. The second-order valence-corrected chi connectivity index (χ2v) is 18.7. The van der Waals surface area contributed by atoms with Crippen molar-refractivity contribution < 1.29 is 14.4 Å². The third-order valence-corrected chi connectivity index (χ3v) is 16.4. The number of nitrogens with two attached hydrogens (primary N) is 1. The third-order valence-electron chi connectivity index (χ3n) is 16.4. The number of nitrogens with zero attached hydrogens (tertiary/aromatic N) is 1. The molecule has 1 heterocycles. The maximum absolute atomic E-state index is 13.9. The zero-order valence-corrected chi connectivity index (χ0v) is 31.2. The summed E-state index contributed by atoms with van der Waals surface area (Å²) in [6.07, 6.45) is 16.0. The number of anilines is 1. The smallest absolute Gasteiger partial charge is 0.159 e. The van der Waals surface area contributed by atoms with Crippen molar-refractivity contribution in [3.63, 3.8) is 0 Å². The Hall–Kier alpha value is -2.34. The third kappa shape index (κ3) is 5.69. The fraction of sp³-hybridized carbons (Fsp3) is 0.767. The van der Waals surface area contributed by atoms with Gasteiger partial charge in [-0.3, -0.25) is 9.59 Å². The summed E-state index contributed by atoms with van der Waals surface area (Å²) >= 11 is 0. The van der Waals surface area contributed by atoms with Crippen molar-refractivity contribution in [2.45, 2.75) is 125 Å². The van der Waals surface area contributed by atoms with Crippen molar-refractivity contribution in [1.29, 1.82) is 0 Å². The van der Waals surface area contributed by atoms with E-state index in [0.29, 0.717) is 70.1 Å². The SMILES string of the molecule is CC(C)C1=C2C3CCC4C(C)(CCC5C(C)C(CC(=O)C6CC(C=O)C6C)CCC54C)C3CCC2(CCNCc2ccc(N)nc2)CC1=O. The second-order valence-electron chi connectivity index (χ2n) is 18.7. The van der Waals surface area contributed by atoms with Gasteiger partial charge in [0.25, 0.3) is 0 Å². The van der Waals surface area contributed by atoms with Gasteiger partial charge in [0.2, 0.25) is 0 Å². The lowest BCUT2D eigenvalue weighted by atomic mass is 9.37. The molecule has 12 atom stereocenters. The molecule has 5 saturated carbocycles. The standard InChI is InChI=1S/C43H63N3O3/c1-25(2)39-36(49)21-43(17-18-45-22-28-7-10-38(44)46-23-28)16-13-34-31(40(39)43)8-9-37-41(5)14-11-29(27(4)33(41)12-15-42(34,37)6)20-35(48)32-19-30(24-47)26(32)3/h7,10,23-27,29-34,37,45H,8-9,11-22H2,1-6H3,(H2,44,46). The zero-order chi connectivity index (χ0) is 34.9. The number of allylic oxidation sites excluding steroid dienone is 2. The summed E-state index contributed by atoms with van der Waals surface area (Å²) in [5.74, 6) is 5.72. The fourth-order valence-corrected chi connectivity index (χ4v) is 13.7. The molecule has 0 bridgehead atoms. The molecule has 1 aromatic heterocycles. The summed E-state index contributed by atoms with van der Waals surface area (Å²) in [7, 11) is 0. The van der Waals surface area contributed by atoms with Gasteiger partial charge >= 0.3 is 0 Å². The summed E-state index contributed by atoms with van der Waals surface area (Å²) in [5.41, 5.74) is 10.3. The predicted molar refractivity (Wildman–Crippen MR) is 195 cm³/mol. The normalized spacial score (nSPS) is 42.9. The molecule has 0 spiro atoms. The molecule has 0 aromatic carbocycles. The van der Waals surface area contributed by atoms with Gasteiger partial charge in [-0.05, 0) is 146 Å². The molecule has 49 heavy (non-hydrogen) atoms. The number of aldehydes is 1. The van der Waals surface area contributed by atoms with Gasteiger partial charge in [-0.2, -0.15) is 0 Å². The maximum Gasteiger partial charge on any atom is 0.159 e. The molecule has 6 aliphatic rings. The lowest BCUT2D eigenvalue weighted by molar-refractivity contribution is -0.172. The topological polar surface area (TPSA) is 102 Å². The summed E-state index contributed by atoms with van der Waals surface area (Å²) < 4.78 is 0. The Morgan fingerprint density at radius 1 is 1.02 bits per heavy atom. The van der Waals surface area contributed by atoms with Gasteiger partial charge in [0.15, 0.2) is 5.78 Å². The number of nitrogens with one attached hydrogen (secondary N) is 1. The van der Waals surface area contributed by atoms with Gasteiger partial charge in [0.1, 0.15) is 17.9 Å². The summed E-state index contributed by atoms with van der Waals surface area (Å²) in [6, 6.07) is 3.91. The lowest BCUT2D eigenvalue weighted by Crippen LogP contribution is -2.60. The van der Waals surface area contributed by atoms with E-state index >= 15 is 0 Å². The molecule has 6 nitrogen and oxygen atoms in total. The summed E-state index contributed by atoms with van der Waals surface area (Å²) in [4.78, 5) is 42.9. The van der Waals surface area contributed by atoms with Crippen LogP contribution >= 0.6 is 0 Å². The number of pyridine rings is 1. The fourth-order valence-electron chi connectivity index (χ4n) is 13.7. The van der Waals surface area contributed by atoms with Crippen molar-refractivity contribution in [2.75, 3.05) is 12.3 Å². The molecule has 7 rings (SSSR count). The molecule has 0 aliphatic heterocycles. The van der Waals surface area contributed by atoms with Crippen LogP contribution in [0.3, 0.4) is 0 Å². The Bertz CT molecular complexity index is 1480. The van der Waals surface area contributed by atoms with Crippen LogP contribution in [0.25, 0.3) is 0 Å². The number of Topliss-reactive ketones (excluding diaryl/α,β-unsaturated/α-hetero) is 2. The van der Waals surface area contributed by atoms with Crippen LogP contribution < -0.4 is 11.1 Å². The minimum atomic E-state index is 0.0112. The van der Waals surface area contributed by atoms with Crippen molar-refractivity contribution in [2.24, 2.45) is 75.4 Å². The number of nitrogen functional groups attached to an aromatic ring is 1. The maximum atomic E-state index is 13.9. The number of fused-ring (bicyclic) bond motifs is 7. The van der Waals surface area contributed by atoms with E-state index in [0.717, 1.165) is 50.6 Å². The van der Waals surface area contributed by atoms with Crippen LogP contribution in [0.5, 0.6) is 0 Å². The van der Waals surface area contributed by atoms with Gasteiger partial charge in [-0.15, -0.1) is 0 Å². The van der Waals surface area contributed by atoms with E-state index in [-0.39, 0.29) is 29.1 Å². The van der Waals surface area contributed by atoms with Crippen LogP contribution in [0.2, 0.25) is 0 Å². The van der Waals surface area contributed by atoms with E-state index in [1.165, 1.54) is 50.5 Å². The molecule has 0 saturated heterocycles. The Morgan fingerprint density at radius 3 is 2.45 bits per heavy atom. The van der Waals surface area contributed by atoms with Crippen molar-refractivity contribution in [1.82, 2.24) is 10.3 Å². The van der Waals surface area contributed by atoms with Crippen molar-refractivity contribution in [3.8, 4) is 0 Å². The number of rotatable bonds is 10. The van der Waals surface area contributed by atoms with Crippen LogP contribution in [-0.4, -0.2) is 29.4 Å². The highest BCUT2D eigenvalue weighted by Gasteiger charge is 2.64. The molecule has 12 unspecified atom stereocenters. The van der Waals surface area contributed by atoms with E-state index in [2.05, 4.69) is 51.8 Å². The van der Waals surface area contributed by atoms with Crippen LogP contribution in [0, 0.1) is 75.4 Å². The van der Waals surface area contributed by atoms with Gasteiger partial charge in [-0.25, -0.2) is 4.98 Å². The number of aromatic nitrogens is 1. The Labute approximate surface area is 295 Å². The number of carbonyl (C=O) groups is 3. The molecular formula is C43H63N3O3. The Kier molecular flexibility index (Phi) is 9.32. The lowest BCUT2D eigenvalue weighted by Gasteiger charge is -2.67.